The van der Waals surface area contributed by atoms with Crippen molar-refractivity contribution >= 4 is 11.0 Å². The molecule has 2 N–H and O–H groups in total. The van der Waals surface area contributed by atoms with Crippen LogP contribution >= 0.6 is 0 Å². The van der Waals surface area contributed by atoms with E-state index in [2.05, 4.69) is 31.8 Å². The largest absolute Gasteiger partial charge is 0.329 e. The molecule has 0 amide bonds. The Hall–Kier alpha value is -2.28. The first kappa shape index (κ1) is 12.7. The number of hydrogen-bond donors (Lipinski definition) is 1. The molecule has 0 atom stereocenters. The highest BCUT2D eigenvalue weighted by Crippen LogP contribution is 2.22. The van der Waals surface area contributed by atoms with Crippen molar-refractivity contribution in [3.8, 4) is 11.5 Å². The van der Waals surface area contributed by atoms with E-state index in [1.165, 1.54) is 0 Å². The van der Waals surface area contributed by atoms with Crippen LogP contribution in [-0.2, 0) is 13.1 Å². The van der Waals surface area contributed by atoms with Crippen LogP contribution in [0.25, 0.3) is 22.6 Å². The molecule has 0 unspecified atom stereocenters. The van der Waals surface area contributed by atoms with Gasteiger partial charge in [-0.2, -0.15) is 0 Å². The summed E-state index contributed by atoms with van der Waals surface area (Å²) in [5.41, 5.74) is 8.25. The average Bonchev–Trinajstić information content (AvgIpc) is 3.05. The van der Waals surface area contributed by atoms with E-state index in [-0.39, 0.29) is 0 Å². The van der Waals surface area contributed by atoms with Crippen LogP contribution in [0.5, 0.6) is 0 Å². The number of aromatic nitrogens is 6. The van der Waals surface area contributed by atoms with Gasteiger partial charge in [0.05, 0.1) is 24.5 Å². The number of imidazole rings is 1. The summed E-state index contributed by atoms with van der Waals surface area (Å²) in [5.74, 6) is 0.832. The highest BCUT2D eigenvalue weighted by molar-refractivity contribution is 5.78. The van der Waals surface area contributed by atoms with Crippen LogP contribution < -0.4 is 5.73 Å². The Morgan fingerprint density at radius 3 is 3.00 bits per heavy atom. The molecule has 0 saturated carbocycles. The molecule has 3 heterocycles. The topological polar surface area (TPSA) is 87.4 Å². The molecule has 104 valence electrons. The van der Waals surface area contributed by atoms with Gasteiger partial charge in [0.1, 0.15) is 11.2 Å². The summed E-state index contributed by atoms with van der Waals surface area (Å²) in [5, 5.41) is 8.27. The summed E-state index contributed by atoms with van der Waals surface area (Å²) in [6.45, 7) is 4.22. The molecular weight excluding hydrogens is 254 g/mol. The fourth-order valence-electron chi connectivity index (χ4n) is 2.27. The summed E-state index contributed by atoms with van der Waals surface area (Å²) in [7, 11) is 0. The second-order valence-corrected chi connectivity index (χ2v) is 4.61. The van der Waals surface area contributed by atoms with E-state index in [1.54, 1.807) is 17.1 Å². The van der Waals surface area contributed by atoms with Crippen LogP contribution in [0.3, 0.4) is 0 Å². The third-order valence-electron chi connectivity index (χ3n) is 3.12. The smallest absolute Gasteiger partial charge is 0.163 e. The monoisotopic (exact) mass is 271 g/mol. The summed E-state index contributed by atoms with van der Waals surface area (Å²) < 4.78 is 3.90. The van der Waals surface area contributed by atoms with E-state index in [9.17, 15) is 0 Å². The fraction of sp³-hybridized carbons (Fsp3) is 0.385. The number of fused-ring (bicyclic) bond motifs is 1. The van der Waals surface area contributed by atoms with Crippen molar-refractivity contribution in [2.75, 3.05) is 6.54 Å². The maximum absolute atomic E-state index is 5.53. The van der Waals surface area contributed by atoms with E-state index in [1.807, 2.05) is 12.3 Å². The molecule has 0 radical (unpaired) electrons. The quantitative estimate of drug-likeness (QED) is 0.749. The van der Waals surface area contributed by atoms with Gasteiger partial charge in [-0.25, -0.2) is 4.98 Å². The van der Waals surface area contributed by atoms with E-state index in [0.717, 1.165) is 35.5 Å². The molecule has 0 aliphatic heterocycles. The van der Waals surface area contributed by atoms with E-state index < -0.39 is 0 Å². The van der Waals surface area contributed by atoms with Gasteiger partial charge >= 0.3 is 0 Å². The van der Waals surface area contributed by atoms with Gasteiger partial charge in [-0.05, 0) is 12.5 Å². The van der Waals surface area contributed by atoms with Crippen molar-refractivity contribution in [1.82, 2.24) is 29.5 Å². The van der Waals surface area contributed by atoms with Gasteiger partial charge in [0.25, 0.3) is 0 Å². The Morgan fingerprint density at radius 2 is 2.20 bits per heavy atom. The minimum absolute atomic E-state index is 0.540. The molecular formula is C13H17N7. The lowest BCUT2D eigenvalue weighted by atomic mass is 10.3. The minimum Gasteiger partial charge on any atom is -0.329 e. The zero-order valence-electron chi connectivity index (χ0n) is 11.4. The first-order chi connectivity index (χ1) is 9.83. The van der Waals surface area contributed by atoms with Gasteiger partial charge in [0.2, 0.25) is 0 Å². The Morgan fingerprint density at radius 1 is 1.30 bits per heavy atom. The molecule has 7 nitrogen and oxygen atoms in total. The Labute approximate surface area is 116 Å². The van der Waals surface area contributed by atoms with Crippen LogP contribution in [0.15, 0.2) is 24.7 Å². The van der Waals surface area contributed by atoms with Crippen molar-refractivity contribution in [2.24, 2.45) is 5.73 Å². The number of pyridine rings is 1. The zero-order chi connectivity index (χ0) is 13.9. The second-order valence-electron chi connectivity index (χ2n) is 4.61. The normalized spacial score (nSPS) is 11.3. The maximum Gasteiger partial charge on any atom is 0.163 e. The lowest BCUT2D eigenvalue weighted by Crippen LogP contribution is -2.10. The SMILES string of the molecule is CCCn1c(-c2cn(CCN)nn2)nc2cnccc21. The Bertz CT molecular complexity index is 712. The summed E-state index contributed by atoms with van der Waals surface area (Å²) >= 11 is 0. The number of hydrogen-bond acceptors (Lipinski definition) is 5. The summed E-state index contributed by atoms with van der Waals surface area (Å²) in [6, 6.07) is 1.98. The molecule has 20 heavy (non-hydrogen) atoms. The van der Waals surface area contributed by atoms with Crippen molar-refractivity contribution in [3.63, 3.8) is 0 Å². The van der Waals surface area contributed by atoms with Gasteiger partial charge in [0.15, 0.2) is 5.82 Å². The number of rotatable bonds is 5. The predicted octanol–water partition coefficient (Wildman–Crippen LogP) is 1.06. The van der Waals surface area contributed by atoms with E-state index in [0.29, 0.717) is 13.1 Å². The number of nitrogens with two attached hydrogens (primary N) is 1. The predicted molar refractivity (Wildman–Crippen MR) is 75.9 cm³/mol. The zero-order valence-corrected chi connectivity index (χ0v) is 11.4. The summed E-state index contributed by atoms with van der Waals surface area (Å²) in [6.07, 6.45) is 6.46. The number of aryl methyl sites for hydroxylation is 1. The third kappa shape index (κ3) is 2.16. The van der Waals surface area contributed by atoms with Crippen LogP contribution in [0, 0.1) is 0 Å². The lowest BCUT2D eigenvalue weighted by molar-refractivity contribution is 0.598. The maximum atomic E-state index is 5.53. The molecule has 0 aliphatic carbocycles. The third-order valence-corrected chi connectivity index (χ3v) is 3.12. The van der Waals surface area contributed by atoms with Crippen LogP contribution in [0.1, 0.15) is 13.3 Å². The average molecular weight is 271 g/mol. The van der Waals surface area contributed by atoms with Gasteiger partial charge in [-0.1, -0.05) is 12.1 Å². The van der Waals surface area contributed by atoms with Crippen LogP contribution in [0.2, 0.25) is 0 Å². The summed E-state index contributed by atoms with van der Waals surface area (Å²) in [4.78, 5) is 8.75. The van der Waals surface area contributed by atoms with Gasteiger partial charge in [-0.15, -0.1) is 5.10 Å². The molecule has 0 bridgehead atoms. The lowest BCUT2D eigenvalue weighted by Gasteiger charge is -2.04. The molecule has 7 heteroatoms. The number of nitrogens with zero attached hydrogens (tertiary/aromatic N) is 6. The van der Waals surface area contributed by atoms with Gasteiger partial charge < -0.3 is 10.3 Å². The van der Waals surface area contributed by atoms with Crippen LogP contribution in [-0.4, -0.2) is 36.1 Å². The molecule has 3 aromatic heterocycles. The molecule has 3 aromatic rings. The Balaban J connectivity index is 2.11. The molecule has 0 fully saturated rings. The minimum atomic E-state index is 0.540. The second kappa shape index (κ2) is 5.38. The standard InChI is InChI=1S/C13H17N7/c1-2-6-20-12-3-5-15-8-10(12)16-13(20)11-9-19(7-4-14)18-17-11/h3,5,8-9H,2,4,6-7,14H2,1H3. The molecule has 0 aliphatic rings. The molecule has 3 rings (SSSR count). The van der Waals surface area contributed by atoms with Gasteiger partial charge in [0, 0.05) is 19.3 Å². The van der Waals surface area contributed by atoms with Crippen molar-refractivity contribution in [3.05, 3.63) is 24.7 Å². The Kier molecular flexibility index (Phi) is 3.42. The molecule has 0 aromatic carbocycles. The van der Waals surface area contributed by atoms with E-state index >= 15 is 0 Å². The molecule has 0 saturated heterocycles. The van der Waals surface area contributed by atoms with Crippen molar-refractivity contribution < 1.29 is 0 Å². The van der Waals surface area contributed by atoms with Crippen LogP contribution in [0.4, 0.5) is 0 Å². The van der Waals surface area contributed by atoms with E-state index in [4.69, 9.17) is 5.73 Å². The fourth-order valence-corrected chi connectivity index (χ4v) is 2.27. The highest BCUT2D eigenvalue weighted by Gasteiger charge is 2.14. The van der Waals surface area contributed by atoms with Crippen molar-refractivity contribution in [2.45, 2.75) is 26.4 Å². The van der Waals surface area contributed by atoms with Crippen molar-refractivity contribution in [1.29, 1.82) is 0 Å². The highest BCUT2D eigenvalue weighted by atomic mass is 15.4. The molecule has 0 spiro atoms. The first-order valence-corrected chi connectivity index (χ1v) is 6.74. The van der Waals surface area contributed by atoms with Gasteiger partial charge in [-0.3, -0.25) is 9.67 Å². The first-order valence-electron chi connectivity index (χ1n) is 6.74.